The van der Waals surface area contributed by atoms with Crippen molar-refractivity contribution in [1.29, 1.82) is 0 Å². The Bertz CT molecular complexity index is 493. The van der Waals surface area contributed by atoms with Crippen LogP contribution in [0.3, 0.4) is 0 Å². The van der Waals surface area contributed by atoms with Gasteiger partial charge in [0.1, 0.15) is 5.75 Å². The van der Waals surface area contributed by atoms with Crippen molar-refractivity contribution in [3.8, 4) is 5.75 Å². The molecule has 0 aromatic heterocycles. The van der Waals surface area contributed by atoms with Crippen molar-refractivity contribution < 1.29 is 19.4 Å². The first-order valence-corrected chi connectivity index (χ1v) is 7.07. The van der Waals surface area contributed by atoms with Crippen molar-refractivity contribution in [3.63, 3.8) is 0 Å². The summed E-state index contributed by atoms with van der Waals surface area (Å²) in [5.41, 5.74) is 1.76. The minimum atomic E-state index is -0.453. The Morgan fingerprint density at radius 3 is 3.10 bits per heavy atom. The van der Waals surface area contributed by atoms with Crippen molar-refractivity contribution >= 4 is 11.6 Å². The Hall–Kier alpha value is -1.63. The number of nitrogens with one attached hydrogen (secondary N) is 2. The predicted octanol–water partition coefficient (Wildman–Crippen LogP) is 1.07. The Morgan fingerprint density at radius 2 is 2.33 bits per heavy atom. The first-order chi connectivity index (χ1) is 10.1. The van der Waals surface area contributed by atoms with Crippen molar-refractivity contribution in [2.24, 2.45) is 0 Å². The smallest absolute Gasteiger partial charge is 0.262 e. The van der Waals surface area contributed by atoms with Crippen LogP contribution < -0.4 is 15.4 Å². The van der Waals surface area contributed by atoms with Gasteiger partial charge in [0.05, 0.1) is 18.4 Å². The Morgan fingerprint density at radius 1 is 1.52 bits per heavy atom. The molecule has 1 aliphatic heterocycles. The molecule has 0 saturated carbocycles. The summed E-state index contributed by atoms with van der Waals surface area (Å²) in [4.78, 5) is 11.3. The van der Waals surface area contributed by atoms with Crippen molar-refractivity contribution in [3.05, 3.63) is 23.8 Å². The van der Waals surface area contributed by atoms with E-state index < -0.39 is 6.10 Å². The maximum absolute atomic E-state index is 11.3. The van der Waals surface area contributed by atoms with E-state index >= 15 is 0 Å². The van der Waals surface area contributed by atoms with Crippen LogP contribution in [0.4, 0.5) is 5.69 Å². The molecule has 21 heavy (non-hydrogen) atoms. The van der Waals surface area contributed by atoms with E-state index in [1.54, 1.807) is 7.11 Å². The number of carbonyl (C=O) groups excluding carboxylic acids is 1. The molecular formula is C15H22N2O4. The quantitative estimate of drug-likeness (QED) is 0.701. The van der Waals surface area contributed by atoms with Gasteiger partial charge in [0.25, 0.3) is 5.91 Å². The van der Waals surface area contributed by atoms with Crippen molar-refractivity contribution in [2.45, 2.75) is 25.5 Å². The van der Waals surface area contributed by atoms with Gasteiger partial charge in [-0.2, -0.15) is 0 Å². The highest BCUT2D eigenvalue weighted by atomic mass is 16.5. The van der Waals surface area contributed by atoms with Gasteiger partial charge in [-0.15, -0.1) is 0 Å². The molecule has 1 aromatic carbocycles. The molecule has 0 aliphatic carbocycles. The summed E-state index contributed by atoms with van der Waals surface area (Å²) in [6, 6.07) is 5.86. The van der Waals surface area contributed by atoms with Gasteiger partial charge in [-0.1, -0.05) is 6.07 Å². The maximum Gasteiger partial charge on any atom is 0.262 e. The molecule has 1 amide bonds. The van der Waals surface area contributed by atoms with E-state index in [1.807, 2.05) is 25.1 Å². The Labute approximate surface area is 124 Å². The lowest BCUT2D eigenvalue weighted by Gasteiger charge is -2.21. The van der Waals surface area contributed by atoms with Crippen LogP contribution in [0.5, 0.6) is 5.75 Å². The van der Waals surface area contributed by atoms with Crippen LogP contribution in [0.2, 0.25) is 0 Å². The number of amides is 1. The van der Waals surface area contributed by atoms with Crippen LogP contribution in [0.25, 0.3) is 0 Å². The van der Waals surface area contributed by atoms with Crippen LogP contribution >= 0.6 is 0 Å². The fourth-order valence-electron chi connectivity index (χ4n) is 2.23. The summed E-state index contributed by atoms with van der Waals surface area (Å²) >= 11 is 0. The summed E-state index contributed by atoms with van der Waals surface area (Å²) in [5, 5.41) is 15.7. The number of ether oxygens (including phenoxy) is 2. The lowest BCUT2D eigenvalue weighted by Crippen LogP contribution is -2.27. The summed E-state index contributed by atoms with van der Waals surface area (Å²) in [6.07, 6.45) is 0.175. The molecule has 6 heteroatoms. The molecule has 1 aliphatic rings. The number of hydrogen-bond acceptors (Lipinski definition) is 5. The van der Waals surface area contributed by atoms with Crippen LogP contribution in [-0.2, 0) is 9.53 Å². The molecule has 6 nitrogen and oxygen atoms in total. The van der Waals surface area contributed by atoms with Gasteiger partial charge in [-0.05, 0) is 37.6 Å². The average Bonchev–Trinajstić information content (AvgIpc) is 2.46. The molecule has 0 fully saturated rings. The zero-order valence-corrected chi connectivity index (χ0v) is 12.4. The molecule has 116 valence electrons. The van der Waals surface area contributed by atoms with Gasteiger partial charge in [-0.3, -0.25) is 4.79 Å². The van der Waals surface area contributed by atoms with E-state index in [2.05, 4.69) is 10.6 Å². The van der Waals surface area contributed by atoms with Crippen LogP contribution in [0.1, 0.15) is 24.9 Å². The highest BCUT2D eigenvalue weighted by Crippen LogP contribution is 2.30. The summed E-state index contributed by atoms with van der Waals surface area (Å²) in [5.74, 6) is 0.559. The molecule has 1 aromatic rings. The van der Waals surface area contributed by atoms with Gasteiger partial charge >= 0.3 is 0 Å². The molecule has 0 spiro atoms. The minimum Gasteiger partial charge on any atom is -0.482 e. The second kappa shape index (κ2) is 7.40. The zero-order valence-electron chi connectivity index (χ0n) is 12.4. The van der Waals surface area contributed by atoms with Gasteiger partial charge < -0.3 is 25.2 Å². The van der Waals surface area contributed by atoms with Crippen molar-refractivity contribution in [1.82, 2.24) is 5.32 Å². The highest BCUT2D eigenvalue weighted by Gasteiger charge is 2.17. The molecule has 2 unspecified atom stereocenters. The van der Waals surface area contributed by atoms with E-state index in [1.165, 1.54) is 0 Å². The van der Waals surface area contributed by atoms with Crippen LogP contribution in [-0.4, -0.2) is 44.0 Å². The Balaban J connectivity index is 1.89. The molecule has 0 radical (unpaired) electrons. The van der Waals surface area contributed by atoms with Gasteiger partial charge in [-0.25, -0.2) is 0 Å². The second-order valence-corrected chi connectivity index (χ2v) is 5.17. The topological polar surface area (TPSA) is 79.8 Å². The van der Waals surface area contributed by atoms with Crippen LogP contribution in [0, 0.1) is 0 Å². The number of methoxy groups -OCH3 is 1. The molecule has 0 bridgehead atoms. The standard InChI is InChI=1S/C15H22N2O4/c1-10(16-6-5-12(18)8-20-2)11-3-4-14-13(7-11)17-15(19)9-21-14/h3-4,7,10,12,16,18H,5-6,8-9H2,1-2H3,(H,17,19). The largest absolute Gasteiger partial charge is 0.482 e. The molecule has 1 heterocycles. The van der Waals surface area contributed by atoms with E-state index in [4.69, 9.17) is 9.47 Å². The van der Waals surface area contributed by atoms with Gasteiger partial charge in [0.2, 0.25) is 0 Å². The fourth-order valence-corrected chi connectivity index (χ4v) is 2.23. The molecule has 2 rings (SSSR count). The van der Waals surface area contributed by atoms with Crippen LogP contribution in [0.15, 0.2) is 18.2 Å². The number of fused-ring (bicyclic) bond motifs is 1. The van der Waals surface area contributed by atoms with E-state index in [9.17, 15) is 9.90 Å². The minimum absolute atomic E-state index is 0.0670. The van der Waals surface area contributed by atoms with E-state index in [0.29, 0.717) is 31.0 Å². The number of carbonyl (C=O) groups is 1. The third-order valence-electron chi connectivity index (χ3n) is 3.42. The monoisotopic (exact) mass is 294 g/mol. The van der Waals surface area contributed by atoms with E-state index in [-0.39, 0.29) is 18.6 Å². The lowest BCUT2D eigenvalue weighted by molar-refractivity contribution is -0.118. The number of benzene rings is 1. The summed E-state index contributed by atoms with van der Waals surface area (Å²) in [7, 11) is 1.57. The summed E-state index contributed by atoms with van der Waals surface area (Å²) in [6.45, 7) is 3.14. The number of aliphatic hydroxyl groups is 1. The first-order valence-electron chi connectivity index (χ1n) is 7.07. The van der Waals surface area contributed by atoms with Gasteiger partial charge in [0.15, 0.2) is 6.61 Å². The first kappa shape index (κ1) is 15.8. The number of anilines is 1. The van der Waals surface area contributed by atoms with E-state index in [0.717, 1.165) is 5.56 Å². The lowest BCUT2D eigenvalue weighted by atomic mass is 10.1. The van der Waals surface area contributed by atoms with Crippen molar-refractivity contribution in [2.75, 3.05) is 32.2 Å². The van der Waals surface area contributed by atoms with Gasteiger partial charge in [0, 0.05) is 13.2 Å². The maximum atomic E-state index is 11.3. The zero-order chi connectivity index (χ0) is 15.2. The highest BCUT2D eigenvalue weighted by molar-refractivity contribution is 5.95. The molecule has 3 N–H and O–H groups in total. The number of rotatable bonds is 7. The Kier molecular flexibility index (Phi) is 5.55. The molecular weight excluding hydrogens is 272 g/mol. The normalized spacial score (nSPS) is 16.6. The average molecular weight is 294 g/mol. The fraction of sp³-hybridized carbons (Fsp3) is 0.533. The number of hydrogen-bond donors (Lipinski definition) is 3. The molecule has 0 saturated heterocycles. The summed E-state index contributed by atoms with van der Waals surface area (Å²) < 4.78 is 10.2. The third kappa shape index (κ3) is 4.42. The molecule has 2 atom stereocenters. The second-order valence-electron chi connectivity index (χ2n) is 5.17. The number of aliphatic hydroxyl groups excluding tert-OH is 1. The predicted molar refractivity (Wildman–Crippen MR) is 79.5 cm³/mol. The SMILES string of the molecule is COCC(O)CCNC(C)c1ccc2c(c1)NC(=O)CO2. The third-order valence-corrected chi connectivity index (χ3v) is 3.42.